The molecule has 6 heteroatoms. The highest BCUT2D eigenvalue weighted by molar-refractivity contribution is 5.95. The lowest BCUT2D eigenvalue weighted by molar-refractivity contribution is -0.137. The number of methoxy groups -OCH3 is 1. The second-order valence-corrected chi connectivity index (χ2v) is 3.00. The number of halogens is 3. The summed E-state index contributed by atoms with van der Waals surface area (Å²) in [7, 11) is 2.60. The number of benzene rings is 1. The molecule has 0 aliphatic carbocycles. The van der Waals surface area contributed by atoms with Crippen LogP contribution in [0.5, 0.6) is 0 Å². The summed E-state index contributed by atoms with van der Waals surface area (Å²) in [5.41, 5.74) is -0.663. The molecule has 0 radical (unpaired) electrons. The number of ether oxygens (including phenoxy) is 1. The molecule has 0 saturated carbocycles. The number of rotatable bonds is 2. The predicted molar refractivity (Wildman–Crippen MR) is 52.3 cm³/mol. The van der Waals surface area contributed by atoms with Gasteiger partial charge in [0.2, 0.25) is 0 Å². The Kier molecular flexibility index (Phi) is 3.41. The molecule has 1 aromatic carbocycles. The molecule has 16 heavy (non-hydrogen) atoms. The summed E-state index contributed by atoms with van der Waals surface area (Å²) >= 11 is 0. The zero-order chi connectivity index (χ0) is 12.3. The Balaban J connectivity index is 3.22. The van der Waals surface area contributed by atoms with E-state index < -0.39 is 17.7 Å². The van der Waals surface area contributed by atoms with E-state index in [-0.39, 0.29) is 11.3 Å². The van der Waals surface area contributed by atoms with E-state index in [2.05, 4.69) is 10.1 Å². The standard InChI is InChI=1S/C10H10F3NO2/c1-14-8-5-6(10(11,12)13)3-4-7(8)9(15)16-2/h3-5,14H,1-2H3. The number of anilines is 1. The minimum atomic E-state index is -4.43. The lowest BCUT2D eigenvalue weighted by Gasteiger charge is -2.11. The molecular formula is C10H10F3NO2. The maximum atomic E-state index is 12.4. The lowest BCUT2D eigenvalue weighted by atomic mass is 10.1. The van der Waals surface area contributed by atoms with E-state index in [1.807, 2.05) is 0 Å². The van der Waals surface area contributed by atoms with Gasteiger partial charge in [0.25, 0.3) is 0 Å². The van der Waals surface area contributed by atoms with Gasteiger partial charge < -0.3 is 10.1 Å². The van der Waals surface area contributed by atoms with E-state index >= 15 is 0 Å². The van der Waals surface area contributed by atoms with Crippen molar-refractivity contribution in [2.24, 2.45) is 0 Å². The van der Waals surface area contributed by atoms with Crippen molar-refractivity contribution >= 4 is 11.7 Å². The fourth-order valence-electron chi connectivity index (χ4n) is 1.22. The molecule has 0 atom stereocenters. The first-order valence-corrected chi connectivity index (χ1v) is 4.37. The Morgan fingerprint density at radius 1 is 1.38 bits per heavy atom. The molecule has 1 N–H and O–H groups in total. The molecule has 88 valence electrons. The van der Waals surface area contributed by atoms with E-state index in [1.54, 1.807) is 0 Å². The highest BCUT2D eigenvalue weighted by Gasteiger charge is 2.31. The number of carbonyl (C=O) groups excluding carboxylic acids is 1. The van der Waals surface area contributed by atoms with Gasteiger partial charge in [0, 0.05) is 12.7 Å². The van der Waals surface area contributed by atoms with E-state index in [4.69, 9.17) is 0 Å². The Hall–Kier alpha value is -1.72. The number of carbonyl (C=O) groups is 1. The van der Waals surface area contributed by atoms with Gasteiger partial charge in [-0.25, -0.2) is 4.79 Å². The zero-order valence-corrected chi connectivity index (χ0v) is 8.68. The first-order valence-electron chi connectivity index (χ1n) is 4.37. The van der Waals surface area contributed by atoms with Crippen LogP contribution in [0.25, 0.3) is 0 Å². The number of nitrogens with one attached hydrogen (secondary N) is 1. The highest BCUT2D eigenvalue weighted by atomic mass is 19.4. The van der Waals surface area contributed by atoms with E-state index in [9.17, 15) is 18.0 Å². The average Bonchev–Trinajstić information content (AvgIpc) is 2.26. The van der Waals surface area contributed by atoms with Crippen molar-refractivity contribution in [3.8, 4) is 0 Å². The van der Waals surface area contributed by atoms with Crippen LogP contribution in [0.15, 0.2) is 18.2 Å². The van der Waals surface area contributed by atoms with Crippen LogP contribution >= 0.6 is 0 Å². The molecule has 0 aromatic heterocycles. The maximum Gasteiger partial charge on any atom is 0.416 e. The molecule has 1 rings (SSSR count). The maximum absolute atomic E-state index is 12.4. The van der Waals surface area contributed by atoms with E-state index in [1.165, 1.54) is 14.2 Å². The summed E-state index contributed by atoms with van der Waals surface area (Å²) in [6.45, 7) is 0. The second kappa shape index (κ2) is 4.42. The van der Waals surface area contributed by atoms with Crippen molar-refractivity contribution in [3.63, 3.8) is 0 Å². The van der Waals surface area contributed by atoms with Crippen LogP contribution in [0, 0.1) is 0 Å². The van der Waals surface area contributed by atoms with E-state index in [0.717, 1.165) is 18.2 Å². The van der Waals surface area contributed by atoms with Crippen molar-refractivity contribution in [2.45, 2.75) is 6.18 Å². The van der Waals surface area contributed by atoms with Crippen molar-refractivity contribution in [3.05, 3.63) is 29.3 Å². The molecule has 0 spiro atoms. The van der Waals surface area contributed by atoms with Gasteiger partial charge in [-0.2, -0.15) is 13.2 Å². The third-order valence-corrected chi connectivity index (χ3v) is 2.02. The molecule has 0 aliphatic heterocycles. The smallest absolute Gasteiger partial charge is 0.416 e. The summed E-state index contributed by atoms with van der Waals surface area (Å²) in [5, 5.41) is 2.52. The summed E-state index contributed by atoms with van der Waals surface area (Å²) in [6.07, 6.45) is -4.43. The third kappa shape index (κ3) is 2.44. The number of hydrogen-bond acceptors (Lipinski definition) is 3. The fraction of sp³-hybridized carbons (Fsp3) is 0.300. The van der Waals surface area contributed by atoms with Crippen molar-refractivity contribution < 1.29 is 22.7 Å². The molecule has 0 unspecified atom stereocenters. The SMILES string of the molecule is CNc1cc(C(F)(F)F)ccc1C(=O)OC. The highest BCUT2D eigenvalue weighted by Crippen LogP contribution is 2.32. The molecule has 0 amide bonds. The predicted octanol–water partition coefficient (Wildman–Crippen LogP) is 2.53. The van der Waals surface area contributed by atoms with Crippen LogP contribution < -0.4 is 5.32 Å². The molecule has 0 bridgehead atoms. The van der Waals surface area contributed by atoms with Crippen molar-refractivity contribution in [1.29, 1.82) is 0 Å². The normalized spacial score (nSPS) is 11.1. The Morgan fingerprint density at radius 3 is 2.44 bits per heavy atom. The third-order valence-electron chi connectivity index (χ3n) is 2.02. The van der Waals surface area contributed by atoms with Gasteiger partial charge in [0.1, 0.15) is 0 Å². The quantitative estimate of drug-likeness (QED) is 0.798. The van der Waals surface area contributed by atoms with Gasteiger partial charge in [-0.05, 0) is 18.2 Å². The van der Waals surface area contributed by atoms with Crippen LogP contribution in [0.1, 0.15) is 15.9 Å². The van der Waals surface area contributed by atoms with Crippen LogP contribution in [-0.2, 0) is 10.9 Å². The Morgan fingerprint density at radius 2 is 2.00 bits per heavy atom. The molecule has 0 fully saturated rings. The number of esters is 1. The fourth-order valence-corrected chi connectivity index (χ4v) is 1.22. The number of hydrogen-bond donors (Lipinski definition) is 1. The minimum absolute atomic E-state index is 0.0676. The molecular weight excluding hydrogens is 223 g/mol. The van der Waals surface area contributed by atoms with Crippen LogP contribution in [0.4, 0.5) is 18.9 Å². The van der Waals surface area contributed by atoms with Gasteiger partial charge in [-0.3, -0.25) is 0 Å². The average molecular weight is 233 g/mol. The topological polar surface area (TPSA) is 38.3 Å². The van der Waals surface area contributed by atoms with Crippen molar-refractivity contribution in [1.82, 2.24) is 0 Å². The van der Waals surface area contributed by atoms with Crippen LogP contribution in [0.2, 0.25) is 0 Å². The van der Waals surface area contributed by atoms with Crippen LogP contribution in [-0.4, -0.2) is 20.1 Å². The first kappa shape index (κ1) is 12.4. The summed E-state index contributed by atoms with van der Waals surface area (Å²) in [5.74, 6) is -0.682. The summed E-state index contributed by atoms with van der Waals surface area (Å²) < 4.78 is 41.6. The largest absolute Gasteiger partial charge is 0.465 e. The molecule has 0 aliphatic rings. The molecule has 1 aromatic rings. The summed E-state index contributed by atoms with van der Waals surface area (Å²) in [4.78, 5) is 11.2. The van der Waals surface area contributed by atoms with Gasteiger partial charge in [0.15, 0.2) is 0 Å². The van der Waals surface area contributed by atoms with Gasteiger partial charge in [0.05, 0.1) is 18.2 Å². The zero-order valence-electron chi connectivity index (χ0n) is 8.68. The van der Waals surface area contributed by atoms with Gasteiger partial charge >= 0.3 is 12.1 Å². The van der Waals surface area contributed by atoms with Gasteiger partial charge in [-0.1, -0.05) is 0 Å². The minimum Gasteiger partial charge on any atom is -0.465 e. The molecule has 3 nitrogen and oxygen atoms in total. The Bertz CT molecular complexity index is 402. The van der Waals surface area contributed by atoms with Crippen LogP contribution in [0.3, 0.4) is 0 Å². The van der Waals surface area contributed by atoms with E-state index in [0.29, 0.717) is 0 Å². The monoisotopic (exact) mass is 233 g/mol. The van der Waals surface area contributed by atoms with Gasteiger partial charge in [-0.15, -0.1) is 0 Å². The van der Waals surface area contributed by atoms with Crippen molar-refractivity contribution in [2.75, 3.05) is 19.5 Å². The lowest BCUT2D eigenvalue weighted by Crippen LogP contribution is -2.10. The molecule has 0 heterocycles. The Labute approximate surface area is 90.2 Å². The molecule has 0 saturated heterocycles. The first-order chi connectivity index (χ1) is 7.40. The summed E-state index contributed by atoms with van der Waals surface area (Å²) in [6, 6.07) is 2.79. The second-order valence-electron chi connectivity index (χ2n) is 3.00. The number of alkyl halides is 3.